The minimum atomic E-state index is -0.0151. The van der Waals surface area contributed by atoms with Gasteiger partial charge in [0.1, 0.15) is 6.10 Å². The normalized spacial score (nSPS) is 11.3. The number of rotatable bonds is 23. The van der Waals surface area contributed by atoms with Crippen LogP contribution in [0.3, 0.4) is 0 Å². The molecule has 0 fully saturated rings. The van der Waals surface area contributed by atoms with Crippen molar-refractivity contribution in [3.05, 3.63) is 59.7 Å². The summed E-state index contributed by atoms with van der Waals surface area (Å²) in [6, 6.07) is 18.5. The van der Waals surface area contributed by atoms with Gasteiger partial charge in [-0.15, -0.1) is 0 Å². The summed E-state index contributed by atoms with van der Waals surface area (Å²) in [5, 5.41) is 0. The molecule has 0 aliphatic heterocycles. The molecular formula is C36H60N2O. The van der Waals surface area contributed by atoms with Gasteiger partial charge < -0.3 is 14.5 Å². The first-order chi connectivity index (χ1) is 19.2. The molecule has 0 atom stereocenters. The van der Waals surface area contributed by atoms with E-state index in [4.69, 9.17) is 4.74 Å². The van der Waals surface area contributed by atoms with E-state index in [9.17, 15) is 0 Å². The largest absolute Gasteiger partial charge is 0.372 e. The molecule has 0 aromatic heterocycles. The van der Waals surface area contributed by atoms with Gasteiger partial charge in [0, 0.05) is 44.2 Å². The fraction of sp³-hybridized carbons (Fsp3) is 0.667. The highest BCUT2D eigenvalue weighted by Gasteiger charge is 2.17. The van der Waals surface area contributed by atoms with Crippen LogP contribution >= 0.6 is 0 Å². The predicted octanol–water partition coefficient (Wildman–Crippen LogP) is 10.6. The molecule has 2 aromatic carbocycles. The molecule has 2 rings (SSSR count). The molecule has 2 aromatic rings. The molecule has 0 N–H and O–H groups in total. The summed E-state index contributed by atoms with van der Waals surface area (Å²) in [5.41, 5.74) is 5.22. The Hall–Kier alpha value is -2.00. The van der Waals surface area contributed by atoms with Gasteiger partial charge in [0.25, 0.3) is 0 Å². The van der Waals surface area contributed by atoms with Crippen molar-refractivity contribution in [2.45, 2.75) is 124 Å². The number of hydrogen-bond donors (Lipinski definition) is 0. The number of unbranched alkanes of at least 4 members (excludes halogenated alkanes) is 8. The summed E-state index contributed by atoms with van der Waals surface area (Å²) >= 11 is 0. The molecule has 3 nitrogen and oxygen atoms in total. The zero-order valence-electron chi connectivity index (χ0n) is 26.2. The smallest absolute Gasteiger partial charge is 0.108 e. The summed E-state index contributed by atoms with van der Waals surface area (Å²) in [6.07, 6.45) is 16.2. The van der Waals surface area contributed by atoms with Crippen LogP contribution in [0.2, 0.25) is 0 Å². The molecule has 0 saturated heterocycles. The van der Waals surface area contributed by atoms with E-state index in [1.165, 1.54) is 99.6 Å². The Morgan fingerprint density at radius 3 is 1.18 bits per heavy atom. The SMILES string of the molecule is CCCCCCCOC(c1ccc(N(CCCC)CCCC)cc1)c1ccc(N(CCCC)CCCC)cc1. The van der Waals surface area contributed by atoms with Crippen molar-refractivity contribution in [2.24, 2.45) is 0 Å². The van der Waals surface area contributed by atoms with Gasteiger partial charge in [0.05, 0.1) is 0 Å². The summed E-state index contributed by atoms with van der Waals surface area (Å²) in [6.45, 7) is 16.8. The average Bonchev–Trinajstić information content (AvgIpc) is 2.97. The third kappa shape index (κ3) is 12.4. The van der Waals surface area contributed by atoms with Crippen molar-refractivity contribution in [2.75, 3.05) is 42.6 Å². The molecule has 0 radical (unpaired) electrons. The number of nitrogens with zero attached hydrogens (tertiary/aromatic N) is 2. The van der Waals surface area contributed by atoms with Gasteiger partial charge in [-0.25, -0.2) is 0 Å². The molecule has 0 spiro atoms. The maximum Gasteiger partial charge on any atom is 0.108 e. The van der Waals surface area contributed by atoms with Gasteiger partial charge in [-0.2, -0.15) is 0 Å². The first-order valence-corrected chi connectivity index (χ1v) is 16.5. The highest BCUT2D eigenvalue weighted by Crippen LogP contribution is 2.30. The first-order valence-electron chi connectivity index (χ1n) is 16.5. The monoisotopic (exact) mass is 536 g/mol. The minimum Gasteiger partial charge on any atom is -0.372 e. The number of benzene rings is 2. The van der Waals surface area contributed by atoms with Crippen LogP contribution in [0.1, 0.15) is 135 Å². The molecule has 0 bridgehead atoms. The Morgan fingerprint density at radius 1 is 0.462 bits per heavy atom. The second-order valence-corrected chi connectivity index (χ2v) is 11.2. The Labute approximate surface area is 242 Å². The van der Waals surface area contributed by atoms with Crippen LogP contribution in [0.15, 0.2) is 48.5 Å². The van der Waals surface area contributed by atoms with Crippen molar-refractivity contribution in [3.8, 4) is 0 Å². The molecule has 220 valence electrons. The van der Waals surface area contributed by atoms with Gasteiger partial charge in [-0.3, -0.25) is 0 Å². The van der Waals surface area contributed by atoms with Crippen molar-refractivity contribution < 1.29 is 4.74 Å². The second kappa shape index (κ2) is 20.8. The number of ether oxygens (including phenoxy) is 1. The lowest BCUT2D eigenvalue weighted by Gasteiger charge is -2.27. The van der Waals surface area contributed by atoms with Gasteiger partial charge in [0.2, 0.25) is 0 Å². The highest BCUT2D eigenvalue weighted by molar-refractivity contribution is 5.51. The van der Waals surface area contributed by atoms with E-state index in [-0.39, 0.29) is 6.10 Å². The molecule has 0 unspecified atom stereocenters. The first kappa shape index (κ1) is 33.2. The predicted molar refractivity (Wildman–Crippen MR) is 173 cm³/mol. The molecule has 39 heavy (non-hydrogen) atoms. The highest BCUT2D eigenvalue weighted by atomic mass is 16.5. The van der Waals surface area contributed by atoms with E-state index in [0.29, 0.717) is 0 Å². The number of hydrogen-bond acceptors (Lipinski definition) is 3. The van der Waals surface area contributed by atoms with Crippen molar-refractivity contribution in [1.29, 1.82) is 0 Å². The van der Waals surface area contributed by atoms with E-state index >= 15 is 0 Å². The molecule has 0 saturated carbocycles. The van der Waals surface area contributed by atoms with Crippen LogP contribution in [0.4, 0.5) is 11.4 Å². The third-order valence-corrected chi connectivity index (χ3v) is 7.78. The summed E-state index contributed by atoms with van der Waals surface area (Å²) in [4.78, 5) is 5.13. The van der Waals surface area contributed by atoms with Crippen LogP contribution in [0.25, 0.3) is 0 Å². The Balaban J connectivity index is 2.22. The number of anilines is 2. The van der Waals surface area contributed by atoms with E-state index < -0.39 is 0 Å². The lowest BCUT2D eigenvalue weighted by molar-refractivity contribution is 0.0768. The van der Waals surface area contributed by atoms with Gasteiger partial charge in [-0.1, -0.05) is 110 Å². The quantitative estimate of drug-likeness (QED) is 0.131. The Kier molecular flexibility index (Phi) is 17.7. The molecule has 0 amide bonds. The molecule has 0 aliphatic carbocycles. The summed E-state index contributed by atoms with van der Waals surface area (Å²) in [7, 11) is 0. The van der Waals surface area contributed by atoms with Crippen LogP contribution < -0.4 is 9.80 Å². The molecule has 0 heterocycles. The Morgan fingerprint density at radius 2 is 0.821 bits per heavy atom. The van der Waals surface area contributed by atoms with Gasteiger partial charge in [-0.05, 0) is 67.5 Å². The fourth-order valence-corrected chi connectivity index (χ4v) is 5.15. The second-order valence-electron chi connectivity index (χ2n) is 11.2. The lowest BCUT2D eigenvalue weighted by Crippen LogP contribution is -2.25. The van der Waals surface area contributed by atoms with Crippen LogP contribution in [-0.4, -0.2) is 32.8 Å². The molecule has 3 heteroatoms. The van der Waals surface area contributed by atoms with E-state index in [1.807, 2.05) is 0 Å². The third-order valence-electron chi connectivity index (χ3n) is 7.78. The molecular weight excluding hydrogens is 476 g/mol. The van der Waals surface area contributed by atoms with Gasteiger partial charge in [0.15, 0.2) is 0 Å². The zero-order valence-corrected chi connectivity index (χ0v) is 26.2. The van der Waals surface area contributed by atoms with E-state index in [2.05, 4.69) is 92.9 Å². The van der Waals surface area contributed by atoms with Crippen LogP contribution in [-0.2, 0) is 4.74 Å². The zero-order chi connectivity index (χ0) is 28.1. The fourth-order valence-electron chi connectivity index (χ4n) is 5.15. The van der Waals surface area contributed by atoms with E-state index in [1.54, 1.807) is 0 Å². The van der Waals surface area contributed by atoms with Gasteiger partial charge >= 0.3 is 0 Å². The summed E-state index contributed by atoms with van der Waals surface area (Å²) < 4.78 is 6.63. The standard InChI is InChI=1S/C36H60N2O/c1-6-11-16-17-18-31-39-36(32-19-23-34(24-20-32)37(27-12-7-2)28-13-8-3)33-21-25-35(26-22-33)38(29-14-9-4)30-15-10-5/h19-26,36H,6-18,27-31H2,1-5H3. The summed E-state index contributed by atoms with van der Waals surface area (Å²) in [5.74, 6) is 0. The lowest BCUT2D eigenvalue weighted by atomic mass is 10.00. The average molecular weight is 537 g/mol. The van der Waals surface area contributed by atoms with Crippen LogP contribution in [0.5, 0.6) is 0 Å². The molecule has 0 aliphatic rings. The topological polar surface area (TPSA) is 15.7 Å². The van der Waals surface area contributed by atoms with Crippen molar-refractivity contribution >= 4 is 11.4 Å². The van der Waals surface area contributed by atoms with Crippen molar-refractivity contribution in [3.63, 3.8) is 0 Å². The van der Waals surface area contributed by atoms with Crippen LogP contribution in [0, 0.1) is 0 Å². The van der Waals surface area contributed by atoms with Crippen molar-refractivity contribution in [1.82, 2.24) is 0 Å². The van der Waals surface area contributed by atoms with E-state index in [0.717, 1.165) is 39.2 Å². The maximum atomic E-state index is 6.63. The minimum absolute atomic E-state index is 0.0151. The Bertz CT molecular complexity index is 753. The maximum absolute atomic E-state index is 6.63.